The van der Waals surface area contributed by atoms with Crippen LogP contribution in [0.15, 0.2) is 36.4 Å². The first-order chi connectivity index (χ1) is 12.0. The summed E-state index contributed by atoms with van der Waals surface area (Å²) in [5.41, 5.74) is 1.95. The van der Waals surface area contributed by atoms with Crippen LogP contribution in [0.2, 0.25) is 0 Å². The Labute approximate surface area is 150 Å². The van der Waals surface area contributed by atoms with E-state index in [9.17, 15) is 4.79 Å². The molecule has 1 amide bonds. The van der Waals surface area contributed by atoms with Gasteiger partial charge in [-0.1, -0.05) is 18.2 Å². The molecular formula is C19H21N3O2S. The van der Waals surface area contributed by atoms with Gasteiger partial charge in [-0.25, -0.2) is 4.68 Å². The maximum Gasteiger partial charge on any atom is 0.264 e. The van der Waals surface area contributed by atoms with Crippen molar-refractivity contribution >= 4 is 27.5 Å². The van der Waals surface area contributed by atoms with Crippen LogP contribution in [0, 0.1) is 6.92 Å². The van der Waals surface area contributed by atoms with Crippen molar-refractivity contribution in [1.82, 2.24) is 14.7 Å². The Bertz CT molecular complexity index is 906. The first-order valence-electron chi connectivity index (χ1n) is 8.52. The van der Waals surface area contributed by atoms with E-state index < -0.39 is 0 Å². The van der Waals surface area contributed by atoms with Gasteiger partial charge in [-0.15, -0.1) is 11.3 Å². The predicted molar refractivity (Wildman–Crippen MR) is 99.6 cm³/mol. The Morgan fingerprint density at radius 2 is 1.88 bits per heavy atom. The van der Waals surface area contributed by atoms with Crippen LogP contribution in [-0.4, -0.2) is 45.9 Å². The van der Waals surface area contributed by atoms with Gasteiger partial charge in [-0.05, 0) is 39.0 Å². The molecule has 1 aliphatic rings. The zero-order valence-electron chi connectivity index (χ0n) is 14.6. The Hall–Kier alpha value is -2.18. The fraction of sp³-hybridized carbons (Fsp3) is 0.368. The van der Waals surface area contributed by atoms with Crippen molar-refractivity contribution in [3.05, 3.63) is 47.0 Å². The molecule has 2 aromatic heterocycles. The molecule has 130 valence electrons. The molecule has 3 heterocycles. The Balaban J connectivity index is 1.71. The van der Waals surface area contributed by atoms with Gasteiger partial charge in [-0.3, -0.25) is 4.79 Å². The molecule has 2 unspecified atom stereocenters. The minimum atomic E-state index is 0.0728. The summed E-state index contributed by atoms with van der Waals surface area (Å²) in [5.74, 6) is 0.0854. The summed E-state index contributed by atoms with van der Waals surface area (Å²) >= 11 is 1.51. The molecule has 0 N–H and O–H groups in total. The van der Waals surface area contributed by atoms with Gasteiger partial charge in [0.2, 0.25) is 0 Å². The molecule has 6 heteroatoms. The summed E-state index contributed by atoms with van der Waals surface area (Å²) < 4.78 is 7.67. The summed E-state index contributed by atoms with van der Waals surface area (Å²) in [6.07, 6.45) is 0.146. The zero-order chi connectivity index (χ0) is 17.6. The second kappa shape index (κ2) is 6.28. The van der Waals surface area contributed by atoms with Crippen LogP contribution in [-0.2, 0) is 4.74 Å². The number of benzene rings is 1. The first kappa shape index (κ1) is 16.3. The number of aromatic nitrogens is 2. The lowest BCUT2D eigenvalue weighted by Crippen LogP contribution is -2.48. The number of aryl methyl sites for hydroxylation is 1. The van der Waals surface area contributed by atoms with Gasteiger partial charge in [0.1, 0.15) is 4.83 Å². The van der Waals surface area contributed by atoms with Gasteiger partial charge in [0.15, 0.2) is 0 Å². The summed E-state index contributed by atoms with van der Waals surface area (Å²) in [5, 5.41) is 5.69. The van der Waals surface area contributed by atoms with E-state index in [0.29, 0.717) is 13.1 Å². The molecule has 0 radical (unpaired) electrons. The fourth-order valence-corrected chi connectivity index (χ4v) is 4.55. The van der Waals surface area contributed by atoms with E-state index in [1.54, 1.807) is 0 Å². The highest BCUT2D eigenvalue weighted by Gasteiger charge is 2.28. The molecule has 1 aliphatic heterocycles. The van der Waals surface area contributed by atoms with Gasteiger partial charge in [0.05, 0.1) is 28.5 Å². The smallest absolute Gasteiger partial charge is 0.264 e. The predicted octanol–water partition coefficient (Wildman–Crippen LogP) is 3.64. The number of hydrogen-bond acceptors (Lipinski definition) is 4. The van der Waals surface area contributed by atoms with Gasteiger partial charge in [-0.2, -0.15) is 5.10 Å². The van der Waals surface area contributed by atoms with E-state index in [4.69, 9.17) is 4.74 Å². The van der Waals surface area contributed by atoms with Crippen molar-refractivity contribution in [3.63, 3.8) is 0 Å². The van der Waals surface area contributed by atoms with Crippen molar-refractivity contribution in [1.29, 1.82) is 0 Å². The van der Waals surface area contributed by atoms with Crippen molar-refractivity contribution in [2.75, 3.05) is 13.1 Å². The molecular weight excluding hydrogens is 334 g/mol. The number of thiophene rings is 1. The highest BCUT2D eigenvalue weighted by molar-refractivity contribution is 7.20. The monoisotopic (exact) mass is 355 g/mol. The van der Waals surface area contributed by atoms with Gasteiger partial charge in [0, 0.05) is 18.5 Å². The first-order valence-corrected chi connectivity index (χ1v) is 9.34. The molecule has 5 nitrogen and oxygen atoms in total. The highest BCUT2D eigenvalue weighted by atomic mass is 32.1. The summed E-state index contributed by atoms with van der Waals surface area (Å²) in [6.45, 7) is 7.29. The topological polar surface area (TPSA) is 47.4 Å². The third-order valence-corrected chi connectivity index (χ3v) is 5.56. The highest BCUT2D eigenvalue weighted by Crippen LogP contribution is 2.31. The van der Waals surface area contributed by atoms with Crippen LogP contribution in [0.3, 0.4) is 0 Å². The number of carbonyl (C=O) groups excluding carboxylic acids is 1. The van der Waals surface area contributed by atoms with Crippen LogP contribution in [0.4, 0.5) is 0 Å². The Morgan fingerprint density at radius 1 is 1.20 bits per heavy atom. The molecule has 25 heavy (non-hydrogen) atoms. The standard InChI is InChI=1S/C19H21N3O2S/c1-12-10-21(11-13(2)24-12)18(23)17-9-16-14(3)20-22(19(16)25-17)15-7-5-4-6-8-15/h4-9,12-13H,10-11H2,1-3H3. The van der Waals surface area contributed by atoms with Crippen LogP contribution >= 0.6 is 11.3 Å². The molecule has 0 bridgehead atoms. The second-order valence-corrected chi connectivity index (χ2v) is 7.66. The number of rotatable bonds is 2. The zero-order valence-corrected chi connectivity index (χ0v) is 15.4. The Kier molecular flexibility index (Phi) is 4.09. The molecule has 1 fully saturated rings. The van der Waals surface area contributed by atoms with Gasteiger partial charge >= 0.3 is 0 Å². The minimum absolute atomic E-state index is 0.0728. The van der Waals surface area contributed by atoms with Crippen molar-refractivity contribution in [2.45, 2.75) is 33.0 Å². The quantitative estimate of drug-likeness (QED) is 0.705. The van der Waals surface area contributed by atoms with E-state index in [1.165, 1.54) is 11.3 Å². The summed E-state index contributed by atoms with van der Waals surface area (Å²) in [4.78, 5) is 16.7. The number of morpholine rings is 1. The van der Waals surface area contributed by atoms with E-state index >= 15 is 0 Å². The lowest BCUT2D eigenvalue weighted by molar-refractivity contribution is -0.0585. The average Bonchev–Trinajstić information content (AvgIpc) is 3.15. The van der Waals surface area contributed by atoms with Crippen LogP contribution < -0.4 is 0 Å². The number of carbonyl (C=O) groups is 1. The normalized spacial score (nSPS) is 21.0. The SMILES string of the molecule is Cc1nn(-c2ccccc2)c2sc(C(=O)N3CC(C)OC(C)C3)cc12. The number of ether oxygens (including phenoxy) is 1. The van der Waals surface area contributed by atoms with Crippen molar-refractivity contribution in [2.24, 2.45) is 0 Å². The molecule has 0 spiro atoms. The van der Waals surface area contributed by atoms with Gasteiger partial charge < -0.3 is 9.64 Å². The van der Waals surface area contributed by atoms with E-state index in [2.05, 4.69) is 5.10 Å². The van der Waals surface area contributed by atoms with E-state index in [1.807, 2.05) is 66.8 Å². The van der Waals surface area contributed by atoms with Crippen LogP contribution in [0.5, 0.6) is 0 Å². The van der Waals surface area contributed by atoms with Crippen molar-refractivity contribution in [3.8, 4) is 5.69 Å². The average molecular weight is 355 g/mol. The molecule has 1 saturated heterocycles. The second-order valence-electron chi connectivity index (χ2n) is 6.63. The molecule has 1 aromatic carbocycles. The summed E-state index contributed by atoms with van der Waals surface area (Å²) in [7, 11) is 0. The molecule has 0 aliphatic carbocycles. The molecule has 2 atom stereocenters. The molecule has 3 aromatic rings. The lowest BCUT2D eigenvalue weighted by atomic mass is 10.2. The molecule has 4 rings (SSSR count). The largest absolute Gasteiger partial charge is 0.372 e. The number of hydrogen-bond donors (Lipinski definition) is 0. The Morgan fingerprint density at radius 3 is 2.56 bits per heavy atom. The van der Waals surface area contributed by atoms with Crippen LogP contribution in [0.1, 0.15) is 29.2 Å². The van der Waals surface area contributed by atoms with Crippen LogP contribution in [0.25, 0.3) is 15.9 Å². The van der Waals surface area contributed by atoms with E-state index in [0.717, 1.165) is 26.5 Å². The maximum atomic E-state index is 13.0. The van der Waals surface area contributed by atoms with E-state index in [-0.39, 0.29) is 18.1 Å². The van der Waals surface area contributed by atoms with Crippen molar-refractivity contribution < 1.29 is 9.53 Å². The minimum Gasteiger partial charge on any atom is -0.372 e. The fourth-order valence-electron chi connectivity index (χ4n) is 3.40. The van der Waals surface area contributed by atoms with Gasteiger partial charge in [0.25, 0.3) is 5.91 Å². The number of para-hydroxylation sites is 1. The number of nitrogens with zero attached hydrogens (tertiary/aromatic N) is 3. The number of fused-ring (bicyclic) bond motifs is 1. The maximum absolute atomic E-state index is 13.0. The third kappa shape index (κ3) is 2.96. The number of amides is 1. The summed E-state index contributed by atoms with van der Waals surface area (Å²) in [6, 6.07) is 12.0. The lowest BCUT2D eigenvalue weighted by Gasteiger charge is -2.35. The third-order valence-electron chi connectivity index (χ3n) is 4.46. The molecule has 0 saturated carbocycles.